The highest BCUT2D eigenvalue weighted by molar-refractivity contribution is 5.00. The van der Waals surface area contributed by atoms with Gasteiger partial charge in [-0.3, -0.25) is 4.90 Å². The molecule has 2 rings (SSSR count). The van der Waals surface area contributed by atoms with Gasteiger partial charge in [-0.05, 0) is 44.2 Å². The van der Waals surface area contributed by atoms with Crippen LogP contribution in [0.1, 0.15) is 39.0 Å². The Morgan fingerprint density at radius 2 is 2.31 bits per heavy atom. The summed E-state index contributed by atoms with van der Waals surface area (Å²) in [5.74, 6) is 0. The van der Waals surface area contributed by atoms with Gasteiger partial charge in [0.25, 0.3) is 0 Å². The van der Waals surface area contributed by atoms with Crippen molar-refractivity contribution in [1.29, 1.82) is 5.26 Å². The van der Waals surface area contributed by atoms with E-state index in [0.717, 1.165) is 25.6 Å². The first-order valence-corrected chi connectivity index (χ1v) is 6.61. The van der Waals surface area contributed by atoms with Gasteiger partial charge >= 0.3 is 0 Å². The van der Waals surface area contributed by atoms with Crippen molar-refractivity contribution in [3.63, 3.8) is 0 Å². The number of nitrogens with one attached hydrogen (secondary N) is 1. The summed E-state index contributed by atoms with van der Waals surface area (Å²) in [5, 5.41) is 12.3. The Kier molecular flexibility index (Phi) is 3.83. The first-order chi connectivity index (χ1) is 7.79. The monoisotopic (exact) mass is 221 g/mol. The predicted octanol–water partition coefficient (Wildman–Crippen LogP) is 1.75. The van der Waals surface area contributed by atoms with Gasteiger partial charge in [0.15, 0.2) is 0 Å². The van der Waals surface area contributed by atoms with Crippen LogP contribution >= 0.6 is 0 Å². The summed E-state index contributed by atoms with van der Waals surface area (Å²) in [6.45, 7) is 6.86. The summed E-state index contributed by atoms with van der Waals surface area (Å²) in [5.41, 5.74) is 0.352. The van der Waals surface area contributed by atoms with Crippen LogP contribution in [0.15, 0.2) is 0 Å². The average molecular weight is 221 g/mol. The Balaban J connectivity index is 1.66. The minimum absolute atomic E-state index is 0.352. The molecule has 1 saturated heterocycles. The molecule has 1 heterocycles. The minimum Gasteiger partial charge on any atom is -0.315 e. The van der Waals surface area contributed by atoms with Crippen LogP contribution in [-0.2, 0) is 0 Å². The largest absolute Gasteiger partial charge is 0.315 e. The lowest BCUT2D eigenvalue weighted by molar-refractivity contribution is 0.256. The van der Waals surface area contributed by atoms with Gasteiger partial charge in [0.2, 0.25) is 0 Å². The molecule has 1 aliphatic carbocycles. The molecular weight excluding hydrogens is 198 g/mol. The summed E-state index contributed by atoms with van der Waals surface area (Å²) in [7, 11) is 0. The van der Waals surface area contributed by atoms with Crippen molar-refractivity contribution in [1.82, 2.24) is 10.2 Å². The van der Waals surface area contributed by atoms with E-state index in [1.165, 1.54) is 38.8 Å². The Morgan fingerprint density at radius 1 is 1.50 bits per heavy atom. The average Bonchev–Trinajstić information content (AvgIpc) is 2.90. The van der Waals surface area contributed by atoms with E-state index in [9.17, 15) is 0 Å². The first-order valence-electron chi connectivity index (χ1n) is 6.61. The third-order valence-corrected chi connectivity index (χ3v) is 4.20. The van der Waals surface area contributed by atoms with Crippen molar-refractivity contribution >= 4 is 0 Å². The van der Waals surface area contributed by atoms with Crippen LogP contribution in [0.25, 0.3) is 0 Å². The molecule has 16 heavy (non-hydrogen) atoms. The molecule has 0 bridgehead atoms. The molecule has 0 spiro atoms. The minimum atomic E-state index is 0.352. The molecule has 2 aliphatic rings. The van der Waals surface area contributed by atoms with Gasteiger partial charge in [-0.1, -0.05) is 6.92 Å². The third-order valence-electron chi connectivity index (χ3n) is 4.20. The van der Waals surface area contributed by atoms with Crippen molar-refractivity contribution in [3.8, 4) is 6.07 Å². The van der Waals surface area contributed by atoms with Crippen LogP contribution in [0.5, 0.6) is 0 Å². The van der Waals surface area contributed by atoms with Crippen LogP contribution in [0.4, 0.5) is 0 Å². The van der Waals surface area contributed by atoms with E-state index in [-0.39, 0.29) is 0 Å². The first kappa shape index (κ1) is 11.9. The van der Waals surface area contributed by atoms with Gasteiger partial charge in [0, 0.05) is 25.6 Å². The van der Waals surface area contributed by atoms with Gasteiger partial charge in [0.1, 0.15) is 0 Å². The number of likely N-dealkylation sites (N-methyl/N-ethyl adjacent to an activating group) is 1. The molecule has 3 heteroatoms. The van der Waals surface area contributed by atoms with Gasteiger partial charge < -0.3 is 5.32 Å². The summed E-state index contributed by atoms with van der Waals surface area (Å²) >= 11 is 0. The van der Waals surface area contributed by atoms with Crippen molar-refractivity contribution < 1.29 is 0 Å². The molecule has 0 aromatic heterocycles. The fraction of sp³-hybridized carbons (Fsp3) is 0.923. The van der Waals surface area contributed by atoms with Crippen LogP contribution in [0.2, 0.25) is 0 Å². The fourth-order valence-electron chi connectivity index (χ4n) is 2.81. The smallest absolute Gasteiger partial charge is 0.0628 e. The number of hydrogen-bond donors (Lipinski definition) is 1. The number of rotatable bonds is 6. The van der Waals surface area contributed by atoms with E-state index in [0.29, 0.717) is 5.41 Å². The lowest BCUT2D eigenvalue weighted by Gasteiger charge is -2.24. The predicted molar refractivity (Wildman–Crippen MR) is 65.0 cm³/mol. The Bertz CT molecular complexity index is 265. The van der Waals surface area contributed by atoms with Crippen LogP contribution in [0.3, 0.4) is 0 Å². The van der Waals surface area contributed by atoms with E-state index in [1.54, 1.807) is 0 Å². The van der Waals surface area contributed by atoms with Crippen LogP contribution in [0, 0.1) is 16.7 Å². The highest BCUT2D eigenvalue weighted by Crippen LogP contribution is 2.47. The molecular formula is C13H23N3. The normalized spacial score (nSPS) is 27.9. The SMILES string of the molecule is CCN1CCCC1CNCC1(CC#N)CC1. The highest BCUT2D eigenvalue weighted by Gasteiger charge is 2.42. The third kappa shape index (κ3) is 2.75. The summed E-state index contributed by atoms with van der Waals surface area (Å²) < 4.78 is 0. The molecule has 1 saturated carbocycles. The molecule has 1 aliphatic heterocycles. The summed E-state index contributed by atoms with van der Waals surface area (Å²) in [6.07, 6.45) is 5.92. The molecule has 2 fully saturated rings. The lowest BCUT2D eigenvalue weighted by Crippen LogP contribution is -2.39. The topological polar surface area (TPSA) is 39.1 Å². The molecule has 0 aromatic rings. The van der Waals surface area contributed by atoms with E-state index in [1.807, 2.05) is 0 Å². The number of likely N-dealkylation sites (tertiary alicyclic amines) is 1. The summed E-state index contributed by atoms with van der Waals surface area (Å²) in [6, 6.07) is 3.06. The Labute approximate surface area is 98.8 Å². The van der Waals surface area contributed by atoms with Crippen LogP contribution in [-0.4, -0.2) is 37.1 Å². The van der Waals surface area contributed by atoms with Gasteiger partial charge in [-0.15, -0.1) is 0 Å². The van der Waals surface area contributed by atoms with Gasteiger partial charge in [0.05, 0.1) is 6.07 Å². The maximum absolute atomic E-state index is 8.75. The standard InChI is InChI=1S/C13H23N3/c1-2-16-9-3-4-12(16)10-15-11-13(5-6-13)7-8-14/h12,15H,2-7,9-11H2,1H3. The van der Waals surface area contributed by atoms with Crippen molar-refractivity contribution in [2.75, 3.05) is 26.2 Å². The highest BCUT2D eigenvalue weighted by atomic mass is 15.2. The van der Waals surface area contributed by atoms with E-state index in [2.05, 4.69) is 23.2 Å². The van der Waals surface area contributed by atoms with E-state index in [4.69, 9.17) is 5.26 Å². The maximum Gasteiger partial charge on any atom is 0.0628 e. The Hall–Kier alpha value is -0.590. The zero-order valence-corrected chi connectivity index (χ0v) is 10.3. The van der Waals surface area contributed by atoms with Crippen molar-refractivity contribution in [2.45, 2.75) is 45.1 Å². The second kappa shape index (κ2) is 5.16. The van der Waals surface area contributed by atoms with Gasteiger partial charge in [-0.2, -0.15) is 5.26 Å². The fourth-order valence-corrected chi connectivity index (χ4v) is 2.81. The molecule has 0 radical (unpaired) electrons. The molecule has 0 aromatic carbocycles. The van der Waals surface area contributed by atoms with Crippen molar-refractivity contribution in [2.24, 2.45) is 5.41 Å². The van der Waals surface area contributed by atoms with Gasteiger partial charge in [-0.25, -0.2) is 0 Å². The maximum atomic E-state index is 8.75. The zero-order chi connectivity index (χ0) is 11.4. The lowest BCUT2D eigenvalue weighted by atomic mass is 10.0. The van der Waals surface area contributed by atoms with E-state index >= 15 is 0 Å². The van der Waals surface area contributed by atoms with E-state index < -0.39 is 0 Å². The molecule has 0 amide bonds. The molecule has 90 valence electrons. The molecule has 1 unspecified atom stereocenters. The van der Waals surface area contributed by atoms with Crippen LogP contribution < -0.4 is 5.32 Å². The second-order valence-electron chi connectivity index (χ2n) is 5.39. The second-order valence-corrected chi connectivity index (χ2v) is 5.39. The molecule has 1 N–H and O–H groups in total. The quantitative estimate of drug-likeness (QED) is 0.743. The molecule has 3 nitrogen and oxygen atoms in total. The number of hydrogen-bond acceptors (Lipinski definition) is 3. The van der Waals surface area contributed by atoms with Crippen molar-refractivity contribution in [3.05, 3.63) is 0 Å². The molecule has 1 atom stereocenters. The zero-order valence-electron chi connectivity index (χ0n) is 10.3. The number of nitriles is 1. The summed E-state index contributed by atoms with van der Waals surface area (Å²) in [4.78, 5) is 2.57. The Morgan fingerprint density at radius 3 is 2.94 bits per heavy atom. The number of nitrogens with zero attached hydrogens (tertiary/aromatic N) is 2.